The molecule has 0 aliphatic rings. The number of carbonyl (C=O) groups is 2. The van der Waals surface area contributed by atoms with E-state index in [1.54, 1.807) is 43.5 Å². The van der Waals surface area contributed by atoms with Gasteiger partial charge in [-0.2, -0.15) is 0 Å². The number of aromatic amines is 1. The van der Waals surface area contributed by atoms with E-state index in [0.29, 0.717) is 33.2 Å². The van der Waals surface area contributed by atoms with E-state index in [2.05, 4.69) is 10.3 Å². The second-order valence-corrected chi connectivity index (χ2v) is 8.89. The van der Waals surface area contributed by atoms with Crippen LogP contribution in [0.4, 0.5) is 0 Å². The number of benzene rings is 3. The molecule has 9 nitrogen and oxygen atoms in total. The third-order valence-corrected chi connectivity index (χ3v) is 6.44. The van der Waals surface area contributed by atoms with Gasteiger partial charge in [-0.15, -0.1) is 0 Å². The largest absolute Gasteiger partial charge is 0.548 e. The maximum Gasteiger partial charge on any atom is 0.344 e. The van der Waals surface area contributed by atoms with Gasteiger partial charge in [0, 0.05) is 34.5 Å². The number of aryl methyl sites for hydroxylation is 1. The number of aromatic hydroxyl groups is 1. The van der Waals surface area contributed by atoms with Gasteiger partial charge in [-0.1, -0.05) is 18.2 Å². The van der Waals surface area contributed by atoms with E-state index < -0.39 is 29.6 Å². The van der Waals surface area contributed by atoms with Crippen LogP contribution in [0.5, 0.6) is 11.5 Å². The molecular formula is C28H23N2O7-. The third kappa shape index (κ3) is 4.47. The predicted octanol–water partition coefficient (Wildman–Crippen LogP) is 2.69. The van der Waals surface area contributed by atoms with Gasteiger partial charge < -0.3 is 34.5 Å². The van der Waals surface area contributed by atoms with Crippen molar-refractivity contribution < 1.29 is 29.0 Å². The van der Waals surface area contributed by atoms with Gasteiger partial charge in [0.15, 0.2) is 6.10 Å². The fourth-order valence-electron chi connectivity index (χ4n) is 4.47. The fraction of sp³-hybridized carbons (Fsp3) is 0.179. The summed E-state index contributed by atoms with van der Waals surface area (Å²) >= 11 is 0. The number of rotatable bonds is 7. The SMILES string of the molecule is Cc1c(O[C@H](C)C(=O)N[C@H](Cc2c[nH]c3ccc(O)cc23)C(=O)[O-])ccc2c1oc(=O)c1ccccc12. The number of nitrogens with one attached hydrogen (secondary N) is 2. The first-order valence-corrected chi connectivity index (χ1v) is 11.6. The van der Waals surface area contributed by atoms with E-state index in [0.717, 1.165) is 16.3 Å². The summed E-state index contributed by atoms with van der Waals surface area (Å²) in [5, 5.41) is 26.7. The highest BCUT2D eigenvalue weighted by molar-refractivity contribution is 6.05. The first kappa shape index (κ1) is 23.9. The average molecular weight is 499 g/mol. The molecule has 0 saturated heterocycles. The lowest BCUT2D eigenvalue weighted by atomic mass is 10.0. The molecular weight excluding hydrogens is 476 g/mol. The highest BCUT2D eigenvalue weighted by Crippen LogP contribution is 2.31. The van der Waals surface area contributed by atoms with Crippen LogP contribution in [0.1, 0.15) is 18.1 Å². The van der Waals surface area contributed by atoms with Crippen LogP contribution in [0.3, 0.4) is 0 Å². The predicted molar refractivity (Wildman–Crippen MR) is 135 cm³/mol. The summed E-state index contributed by atoms with van der Waals surface area (Å²) < 4.78 is 11.4. The van der Waals surface area contributed by atoms with E-state index in [1.807, 2.05) is 12.1 Å². The van der Waals surface area contributed by atoms with Crippen LogP contribution < -0.4 is 20.8 Å². The zero-order valence-electron chi connectivity index (χ0n) is 20.0. The summed E-state index contributed by atoms with van der Waals surface area (Å²) in [7, 11) is 0. The first-order chi connectivity index (χ1) is 17.7. The second kappa shape index (κ2) is 9.34. The molecule has 5 aromatic rings. The molecule has 3 aromatic carbocycles. The van der Waals surface area contributed by atoms with Crippen molar-refractivity contribution in [1.82, 2.24) is 10.3 Å². The monoisotopic (exact) mass is 499 g/mol. The van der Waals surface area contributed by atoms with Crippen LogP contribution in [-0.2, 0) is 16.0 Å². The lowest BCUT2D eigenvalue weighted by Gasteiger charge is -2.23. The van der Waals surface area contributed by atoms with Crippen molar-refractivity contribution in [2.75, 3.05) is 0 Å². The van der Waals surface area contributed by atoms with Crippen LogP contribution >= 0.6 is 0 Å². The zero-order valence-corrected chi connectivity index (χ0v) is 20.0. The van der Waals surface area contributed by atoms with Crippen molar-refractivity contribution in [2.24, 2.45) is 0 Å². The minimum atomic E-state index is -1.45. The molecule has 1 amide bonds. The van der Waals surface area contributed by atoms with Gasteiger partial charge in [-0.25, -0.2) is 4.79 Å². The van der Waals surface area contributed by atoms with E-state index >= 15 is 0 Å². The molecule has 0 radical (unpaired) electrons. The second-order valence-electron chi connectivity index (χ2n) is 8.89. The molecule has 0 fully saturated rings. The van der Waals surface area contributed by atoms with Crippen LogP contribution in [0, 0.1) is 6.92 Å². The number of phenols is 1. The number of carboxylic acids is 1. The van der Waals surface area contributed by atoms with Crippen molar-refractivity contribution in [1.29, 1.82) is 0 Å². The van der Waals surface area contributed by atoms with Crippen molar-refractivity contribution in [2.45, 2.75) is 32.4 Å². The molecule has 3 N–H and O–H groups in total. The standard InChI is InChI=1S/C28H24N2O7/c1-14-24(10-8-19-18-5-3-4-6-20(18)28(35)37-25(14)19)36-15(2)26(32)30-23(27(33)34)11-16-13-29-22-9-7-17(31)12-21(16)22/h3-10,12-13,15,23,29,31H,11H2,1-2H3,(H,30,32)(H,33,34)/p-1/t15-,23-/m1/s1. The molecule has 2 atom stereocenters. The van der Waals surface area contributed by atoms with Crippen LogP contribution in [0.2, 0.25) is 0 Å². The van der Waals surface area contributed by atoms with E-state index in [-0.39, 0.29) is 12.2 Å². The topological polar surface area (TPSA) is 145 Å². The number of aromatic nitrogens is 1. The van der Waals surface area contributed by atoms with Crippen molar-refractivity contribution in [3.05, 3.63) is 82.3 Å². The lowest BCUT2D eigenvalue weighted by Crippen LogP contribution is -2.52. The Hall–Kier alpha value is -4.79. The Balaban J connectivity index is 1.36. The number of fused-ring (bicyclic) bond motifs is 4. The average Bonchev–Trinajstić information content (AvgIpc) is 3.27. The molecule has 0 spiro atoms. The number of ether oxygens (including phenoxy) is 1. The fourth-order valence-corrected chi connectivity index (χ4v) is 4.47. The van der Waals surface area contributed by atoms with Gasteiger partial charge in [0.25, 0.3) is 5.91 Å². The Morgan fingerprint density at radius 3 is 2.59 bits per heavy atom. The summed E-state index contributed by atoms with van der Waals surface area (Å²) in [6.45, 7) is 3.21. The van der Waals surface area contributed by atoms with Crippen molar-refractivity contribution >= 4 is 44.5 Å². The quantitative estimate of drug-likeness (QED) is 0.231. The van der Waals surface area contributed by atoms with Gasteiger partial charge in [-0.05, 0) is 61.2 Å². The van der Waals surface area contributed by atoms with Gasteiger partial charge in [0.2, 0.25) is 0 Å². The molecule has 5 rings (SSSR count). The molecule has 0 saturated carbocycles. The number of carboxylic acid groups (broad SMARTS) is 1. The molecule has 0 aliphatic heterocycles. The molecule has 2 heterocycles. The summed E-state index contributed by atoms with van der Waals surface area (Å²) in [6, 6.07) is 13.9. The third-order valence-electron chi connectivity index (χ3n) is 6.44. The molecule has 9 heteroatoms. The summed E-state index contributed by atoms with van der Waals surface area (Å²) in [5.74, 6) is -1.74. The number of hydrogen-bond acceptors (Lipinski definition) is 7. The molecule has 188 valence electrons. The summed E-state index contributed by atoms with van der Waals surface area (Å²) in [6.07, 6.45) is 0.511. The molecule has 37 heavy (non-hydrogen) atoms. The van der Waals surface area contributed by atoms with E-state index in [9.17, 15) is 24.6 Å². The Labute approximate surface area is 210 Å². The first-order valence-electron chi connectivity index (χ1n) is 11.6. The number of hydrogen-bond donors (Lipinski definition) is 3. The molecule has 0 bridgehead atoms. The Morgan fingerprint density at radius 2 is 1.84 bits per heavy atom. The van der Waals surface area contributed by atoms with Gasteiger partial charge >= 0.3 is 5.63 Å². The maximum absolute atomic E-state index is 12.9. The van der Waals surface area contributed by atoms with Gasteiger partial charge in [-0.3, -0.25) is 4.79 Å². The van der Waals surface area contributed by atoms with Crippen molar-refractivity contribution in [3.63, 3.8) is 0 Å². The highest BCUT2D eigenvalue weighted by atomic mass is 16.5. The van der Waals surface area contributed by atoms with E-state index in [1.165, 1.54) is 19.1 Å². The van der Waals surface area contributed by atoms with Crippen LogP contribution in [0.25, 0.3) is 32.6 Å². The molecule has 2 aromatic heterocycles. The van der Waals surface area contributed by atoms with E-state index in [4.69, 9.17) is 9.15 Å². The number of amides is 1. The molecule has 0 aliphatic carbocycles. The van der Waals surface area contributed by atoms with Crippen LogP contribution in [-0.4, -0.2) is 34.1 Å². The van der Waals surface area contributed by atoms with Gasteiger partial charge in [0.1, 0.15) is 17.1 Å². The number of H-pyrrole nitrogens is 1. The summed E-state index contributed by atoms with van der Waals surface area (Å²) in [5.41, 5.74) is 1.73. The minimum absolute atomic E-state index is 0.0407. The highest BCUT2D eigenvalue weighted by Gasteiger charge is 2.23. The lowest BCUT2D eigenvalue weighted by molar-refractivity contribution is -0.308. The smallest absolute Gasteiger partial charge is 0.344 e. The number of aliphatic carboxylic acids is 1. The summed E-state index contributed by atoms with van der Waals surface area (Å²) in [4.78, 5) is 40.1. The number of phenolic OH excluding ortho intramolecular Hbond substituents is 1. The minimum Gasteiger partial charge on any atom is -0.548 e. The zero-order chi connectivity index (χ0) is 26.3. The molecule has 0 unspecified atom stereocenters. The Bertz CT molecular complexity index is 1730. The maximum atomic E-state index is 12.9. The van der Waals surface area contributed by atoms with Crippen LogP contribution in [0.15, 0.2) is 70.0 Å². The number of carbonyl (C=O) groups excluding carboxylic acids is 2. The Kier molecular flexibility index (Phi) is 6.04. The van der Waals surface area contributed by atoms with Gasteiger partial charge in [0.05, 0.1) is 17.4 Å². The Morgan fingerprint density at radius 1 is 1.08 bits per heavy atom. The van der Waals surface area contributed by atoms with Crippen molar-refractivity contribution in [3.8, 4) is 11.5 Å². The normalized spacial score (nSPS) is 13.0.